The van der Waals surface area contributed by atoms with Gasteiger partial charge < -0.3 is 4.74 Å². The molecule has 1 rings (SSSR count). The van der Waals surface area contributed by atoms with Crippen molar-refractivity contribution in [2.75, 3.05) is 0 Å². The first-order chi connectivity index (χ1) is 10.3. The molecular formula is C18H33NO2. The molecule has 0 aromatic carbocycles. The first-order valence-corrected chi connectivity index (χ1v) is 8.97. The Kier molecular flexibility index (Phi) is 10.2. The Hall–Kier alpha value is -0.860. The Labute approximate surface area is 130 Å². The van der Waals surface area contributed by atoms with Crippen LogP contribution < -0.4 is 0 Å². The molecule has 0 fully saturated rings. The van der Waals surface area contributed by atoms with E-state index >= 15 is 0 Å². The highest BCUT2D eigenvalue weighted by molar-refractivity contribution is 5.91. The smallest absolute Gasteiger partial charge is 0.289 e. The summed E-state index contributed by atoms with van der Waals surface area (Å²) in [6.07, 6.45) is 17.0. The summed E-state index contributed by atoms with van der Waals surface area (Å²) >= 11 is 0. The van der Waals surface area contributed by atoms with Crippen LogP contribution in [0.3, 0.4) is 0 Å². The molecule has 2 unspecified atom stereocenters. The average molecular weight is 295 g/mol. The minimum atomic E-state index is -0.312. The van der Waals surface area contributed by atoms with Crippen LogP contribution in [0.25, 0.3) is 0 Å². The van der Waals surface area contributed by atoms with Crippen molar-refractivity contribution >= 4 is 12.3 Å². The summed E-state index contributed by atoms with van der Waals surface area (Å²) in [5.74, 6) is 0.184. The van der Waals surface area contributed by atoms with E-state index in [1.807, 2.05) is 0 Å². The van der Waals surface area contributed by atoms with Crippen LogP contribution in [0.5, 0.6) is 0 Å². The fourth-order valence-corrected chi connectivity index (χ4v) is 2.94. The Balaban J connectivity index is 1.83. The van der Waals surface area contributed by atoms with Crippen LogP contribution in [0.15, 0.2) is 4.99 Å². The third-order valence-electron chi connectivity index (χ3n) is 4.41. The average Bonchev–Trinajstić information content (AvgIpc) is 2.91. The number of unbranched alkanes of at least 4 members (excludes halogenated alkanes) is 10. The summed E-state index contributed by atoms with van der Waals surface area (Å²) < 4.78 is 5.24. The molecule has 0 N–H and O–H groups in total. The number of carbonyl (C=O) groups is 1. The number of amides is 1. The second kappa shape index (κ2) is 11.8. The van der Waals surface area contributed by atoms with Crippen LogP contribution in [0.2, 0.25) is 0 Å². The SMILES string of the molecule is CCCCCCCCCCCCCC(C)C1OC=NC1=O. The van der Waals surface area contributed by atoms with Crippen molar-refractivity contribution in [3.8, 4) is 0 Å². The second-order valence-electron chi connectivity index (χ2n) is 6.43. The quantitative estimate of drug-likeness (QED) is 0.434. The third kappa shape index (κ3) is 8.23. The van der Waals surface area contributed by atoms with Crippen molar-refractivity contribution < 1.29 is 9.53 Å². The Morgan fingerprint density at radius 1 is 1.00 bits per heavy atom. The summed E-state index contributed by atoms with van der Waals surface area (Å²) in [4.78, 5) is 15.1. The second-order valence-corrected chi connectivity index (χ2v) is 6.43. The summed E-state index contributed by atoms with van der Waals surface area (Å²) in [5.41, 5.74) is 0. The van der Waals surface area contributed by atoms with Crippen LogP contribution in [-0.4, -0.2) is 18.4 Å². The van der Waals surface area contributed by atoms with Crippen LogP contribution in [-0.2, 0) is 9.53 Å². The summed E-state index contributed by atoms with van der Waals surface area (Å²) in [5, 5.41) is 0. The molecule has 0 aromatic heterocycles. The molecule has 3 heteroatoms. The zero-order chi connectivity index (χ0) is 15.3. The number of hydrogen-bond acceptors (Lipinski definition) is 2. The van der Waals surface area contributed by atoms with E-state index in [1.54, 1.807) is 0 Å². The molecule has 0 bridgehead atoms. The van der Waals surface area contributed by atoms with Gasteiger partial charge in [-0.3, -0.25) is 4.79 Å². The van der Waals surface area contributed by atoms with E-state index in [4.69, 9.17) is 4.74 Å². The Morgan fingerprint density at radius 3 is 2.00 bits per heavy atom. The number of hydrogen-bond donors (Lipinski definition) is 0. The highest BCUT2D eigenvalue weighted by Crippen LogP contribution is 2.20. The highest BCUT2D eigenvalue weighted by atomic mass is 16.5. The minimum Gasteiger partial charge on any atom is -0.470 e. The number of carbonyl (C=O) groups excluding carboxylic acids is 1. The molecule has 2 atom stereocenters. The summed E-state index contributed by atoms with van der Waals surface area (Å²) in [6.45, 7) is 4.36. The van der Waals surface area contributed by atoms with Gasteiger partial charge in [-0.05, 0) is 6.42 Å². The standard InChI is InChI=1S/C18H33NO2/c1-3-4-5-6-7-8-9-10-11-12-13-14-16(2)17-18(20)19-15-21-17/h15-17H,3-14H2,1-2H3. The maximum absolute atomic E-state index is 11.4. The van der Waals surface area contributed by atoms with Crippen molar-refractivity contribution in [1.82, 2.24) is 0 Å². The lowest BCUT2D eigenvalue weighted by molar-refractivity contribution is -0.124. The zero-order valence-electron chi connectivity index (χ0n) is 14.0. The van der Waals surface area contributed by atoms with Crippen LogP contribution in [0.1, 0.15) is 90.9 Å². The first-order valence-electron chi connectivity index (χ1n) is 8.97. The molecule has 0 spiro atoms. The first kappa shape index (κ1) is 18.2. The van der Waals surface area contributed by atoms with Crippen LogP contribution >= 0.6 is 0 Å². The van der Waals surface area contributed by atoms with Crippen molar-refractivity contribution in [1.29, 1.82) is 0 Å². The van der Waals surface area contributed by atoms with Gasteiger partial charge >= 0.3 is 0 Å². The molecule has 3 nitrogen and oxygen atoms in total. The van der Waals surface area contributed by atoms with Crippen molar-refractivity contribution in [3.63, 3.8) is 0 Å². The van der Waals surface area contributed by atoms with Crippen molar-refractivity contribution in [2.24, 2.45) is 10.9 Å². The molecule has 1 amide bonds. The molecule has 1 aliphatic heterocycles. The Morgan fingerprint density at radius 2 is 1.52 bits per heavy atom. The predicted octanol–water partition coefficient (Wildman–Crippen LogP) is 5.28. The van der Waals surface area contributed by atoms with E-state index in [0.29, 0.717) is 5.92 Å². The molecule has 0 aromatic rings. The molecule has 1 heterocycles. The summed E-state index contributed by atoms with van der Waals surface area (Å²) in [7, 11) is 0. The molecule has 122 valence electrons. The lowest BCUT2D eigenvalue weighted by Gasteiger charge is -2.15. The van der Waals surface area contributed by atoms with E-state index in [-0.39, 0.29) is 12.0 Å². The fraction of sp³-hybridized carbons (Fsp3) is 0.889. The van der Waals surface area contributed by atoms with E-state index in [9.17, 15) is 4.79 Å². The molecule has 0 aliphatic carbocycles. The maximum atomic E-state index is 11.4. The van der Waals surface area contributed by atoms with Gasteiger partial charge in [-0.1, -0.05) is 84.5 Å². The van der Waals surface area contributed by atoms with E-state index in [0.717, 1.165) is 6.42 Å². The molecule has 0 saturated heterocycles. The predicted molar refractivity (Wildman–Crippen MR) is 88.6 cm³/mol. The van der Waals surface area contributed by atoms with Gasteiger partial charge in [0, 0.05) is 5.92 Å². The Bertz CT molecular complexity index is 302. The van der Waals surface area contributed by atoms with E-state index in [1.165, 1.54) is 77.0 Å². The molecule has 1 aliphatic rings. The zero-order valence-corrected chi connectivity index (χ0v) is 14.0. The minimum absolute atomic E-state index is 0.106. The van der Waals surface area contributed by atoms with Crippen LogP contribution in [0.4, 0.5) is 0 Å². The van der Waals surface area contributed by atoms with Gasteiger partial charge in [0.1, 0.15) is 0 Å². The van der Waals surface area contributed by atoms with Gasteiger partial charge in [0.25, 0.3) is 5.91 Å². The van der Waals surface area contributed by atoms with Gasteiger partial charge in [0.05, 0.1) is 0 Å². The third-order valence-corrected chi connectivity index (χ3v) is 4.41. The van der Waals surface area contributed by atoms with Gasteiger partial charge in [0.15, 0.2) is 12.5 Å². The maximum Gasteiger partial charge on any atom is 0.289 e. The topological polar surface area (TPSA) is 38.7 Å². The normalized spacial score (nSPS) is 19.0. The summed E-state index contributed by atoms with van der Waals surface area (Å²) in [6, 6.07) is 0. The monoisotopic (exact) mass is 295 g/mol. The molecule has 21 heavy (non-hydrogen) atoms. The molecule has 0 radical (unpaired) electrons. The molecule has 0 saturated carbocycles. The number of ether oxygens (including phenoxy) is 1. The van der Waals surface area contributed by atoms with Crippen molar-refractivity contribution in [2.45, 2.75) is 97.0 Å². The number of aliphatic imine (C=N–C) groups is 1. The van der Waals surface area contributed by atoms with E-state index < -0.39 is 0 Å². The van der Waals surface area contributed by atoms with Gasteiger partial charge in [-0.15, -0.1) is 0 Å². The van der Waals surface area contributed by atoms with Gasteiger partial charge in [-0.2, -0.15) is 4.99 Å². The van der Waals surface area contributed by atoms with E-state index in [2.05, 4.69) is 18.8 Å². The number of nitrogens with zero attached hydrogens (tertiary/aromatic N) is 1. The largest absolute Gasteiger partial charge is 0.470 e. The van der Waals surface area contributed by atoms with Gasteiger partial charge in [0.2, 0.25) is 0 Å². The van der Waals surface area contributed by atoms with Gasteiger partial charge in [-0.25, -0.2) is 0 Å². The van der Waals surface area contributed by atoms with Crippen molar-refractivity contribution in [3.05, 3.63) is 0 Å². The molecular weight excluding hydrogens is 262 g/mol. The lowest BCUT2D eigenvalue weighted by atomic mass is 9.96. The highest BCUT2D eigenvalue weighted by Gasteiger charge is 2.28. The lowest BCUT2D eigenvalue weighted by Crippen LogP contribution is -2.24. The van der Waals surface area contributed by atoms with Crippen LogP contribution in [0, 0.1) is 5.92 Å². The number of rotatable bonds is 13. The fourth-order valence-electron chi connectivity index (χ4n) is 2.94.